The van der Waals surface area contributed by atoms with E-state index in [0.29, 0.717) is 27.3 Å². The van der Waals surface area contributed by atoms with Crippen molar-refractivity contribution in [2.75, 3.05) is 7.11 Å². The first kappa shape index (κ1) is 18.0. The number of methoxy groups -OCH3 is 1. The predicted molar refractivity (Wildman–Crippen MR) is 108 cm³/mol. The van der Waals surface area contributed by atoms with E-state index in [1.54, 1.807) is 13.2 Å². The number of hydrogen-bond acceptors (Lipinski definition) is 5. The van der Waals surface area contributed by atoms with Gasteiger partial charge in [0, 0.05) is 0 Å². The minimum absolute atomic E-state index is 0.186. The van der Waals surface area contributed by atoms with Gasteiger partial charge in [-0.3, -0.25) is 4.79 Å². The fraction of sp³-hybridized carbons (Fsp3) is 0.111. The Labute approximate surface area is 163 Å². The zero-order chi connectivity index (χ0) is 17.8. The van der Waals surface area contributed by atoms with Crippen molar-refractivity contribution in [2.45, 2.75) is 6.61 Å². The Kier molecular flexibility index (Phi) is 5.78. The van der Waals surface area contributed by atoms with Gasteiger partial charge in [-0.2, -0.15) is 0 Å². The first-order valence-electron chi connectivity index (χ1n) is 7.36. The Hall–Kier alpha value is -1.83. The van der Waals surface area contributed by atoms with Crippen LogP contribution in [0.2, 0.25) is 0 Å². The maximum Gasteiger partial charge on any atom is 0.263 e. The quantitative estimate of drug-likeness (QED) is 0.552. The summed E-state index contributed by atoms with van der Waals surface area (Å²) in [4.78, 5) is 12.4. The second-order valence-electron chi connectivity index (χ2n) is 5.16. The summed E-state index contributed by atoms with van der Waals surface area (Å²) in [6.45, 7) is 0.433. The highest BCUT2D eigenvalue weighted by molar-refractivity contribution is 9.10. The number of carbonyl (C=O) groups excluding carboxylic acids is 1. The van der Waals surface area contributed by atoms with E-state index in [1.807, 2.05) is 42.5 Å². The van der Waals surface area contributed by atoms with Crippen LogP contribution in [0.1, 0.15) is 11.1 Å². The van der Waals surface area contributed by atoms with Crippen molar-refractivity contribution in [3.8, 4) is 11.5 Å². The lowest BCUT2D eigenvalue weighted by Crippen LogP contribution is -2.17. The van der Waals surface area contributed by atoms with E-state index in [9.17, 15) is 4.79 Å². The lowest BCUT2D eigenvalue weighted by atomic mass is 10.2. The SMILES string of the molecule is COc1cc(/C=C2\SC(=S)NC2=O)cc(Br)c1OCc1ccccc1. The summed E-state index contributed by atoms with van der Waals surface area (Å²) in [5.74, 6) is 1.02. The van der Waals surface area contributed by atoms with Gasteiger partial charge in [-0.15, -0.1) is 0 Å². The van der Waals surface area contributed by atoms with Gasteiger partial charge in [-0.25, -0.2) is 0 Å². The van der Waals surface area contributed by atoms with Crippen molar-refractivity contribution in [2.24, 2.45) is 0 Å². The van der Waals surface area contributed by atoms with Crippen LogP contribution in [0.15, 0.2) is 51.8 Å². The van der Waals surface area contributed by atoms with Gasteiger partial charge >= 0.3 is 0 Å². The number of hydrogen-bond donors (Lipinski definition) is 1. The normalized spacial score (nSPS) is 15.4. The van der Waals surface area contributed by atoms with E-state index >= 15 is 0 Å². The smallest absolute Gasteiger partial charge is 0.263 e. The Morgan fingerprint density at radius 2 is 2.04 bits per heavy atom. The van der Waals surface area contributed by atoms with Crippen LogP contribution in [-0.2, 0) is 11.4 Å². The molecule has 128 valence electrons. The Morgan fingerprint density at radius 1 is 1.28 bits per heavy atom. The van der Waals surface area contributed by atoms with Gasteiger partial charge in [0.15, 0.2) is 11.5 Å². The molecule has 1 fully saturated rings. The van der Waals surface area contributed by atoms with Crippen LogP contribution in [0.25, 0.3) is 6.08 Å². The summed E-state index contributed by atoms with van der Waals surface area (Å²) in [6.07, 6.45) is 1.77. The molecule has 3 rings (SSSR count). The minimum atomic E-state index is -0.186. The second-order valence-corrected chi connectivity index (χ2v) is 7.73. The Morgan fingerprint density at radius 3 is 2.68 bits per heavy atom. The van der Waals surface area contributed by atoms with Gasteiger partial charge < -0.3 is 14.8 Å². The summed E-state index contributed by atoms with van der Waals surface area (Å²) in [7, 11) is 1.58. The molecule has 0 aromatic heterocycles. The maximum atomic E-state index is 11.8. The van der Waals surface area contributed by atoms with Crippen LogP contribution in [0.4, 0.5) is 0 Å². The highest BCUT2D eigenvalue weighted by Gasteiger charge is 2.22. The number of carbonyl (C=O) groups is 1. The van der Waals surface area contributed by atoms with Crippen LogP contribution in [0.5, 0.6) is 11.5 Å². The third-order valence-electron chi connectivity index (χ3n) is 3.42. The van der Waals surface area contributed by atoms with Crippen molar-refractivity contribution in [1.82, 2.24) is 5.32 Å². The van der Waals surface area contributed by atoms with Gasteiger partial charge in [0.25, 0.3) is 5.91 Å². The highest BCUT2D eigenvalue weighted by atomic mass is 79.9. The number of rotatable bonds is 5. The summed E-state index contributed by atoms with van der Waals surface area (Å²) in [6, 6.07) is 13.6. The van der Waals surface area contributed by atoms with Gasteiger partial charge in [-0.1, -0.05) is 54.3 Å². The molecule has 2 aromatic rings. The van der Waals surface area contributed by atoms with E-state index in [0.717, 1.165) is 15.6 Å². The molecular formula is C18H14BrNO3S2. The van der Waals surface area contributed by atoms with Crippen molar-refractivity contribution in [3.05, 3.63) is 63.0 Å². The van der Waals surface area contributed by atoms with Crippen LogP contribution in [0, 0.1) is 0 Å². The Bertz CT molecular complexity index is 853. The molecule has 25 heavy (non-hydrogen) atoms. The van der Waals surface area contributed by atoms with E-state index in [-0.39, 0.29) is 5.91 Å². The highest BCUT2D eigenvalue weighted by Crippen LogP contribution is 2.38. The van der Waals surface area contributed by atoms with Gasteiger partial charge in [-0.05, 0) is 45.3 Å². The second kappa shape index (κ2) is 8.03. The van der Waals surface area contributed by atoms with Crippen molar-refractivity contribution in [1.29, 1.82) is 0 Å². The average molecular weight is 436 g/mol. The Balaban J connectivity index is 1.85. The molecule has 1 amide bonds. The van der Waals surface area contributed by atoms with Gasteiger partial charge in [0.2, 0.25) is 0 Å². The standard InChI is InChI=1S/C18H14BrNO3S2/c1-22-14-8-12(9-15-17(21)20-18(24)25-15)7-13(19)16(14)23-10-11-5-3-2-4-6-11/h2-9H,10H2,1H3,(H,20,21,24)/b15-9-. The molecule has 0 atom stereocenters. The lowest BCUT2D eigenvalue weighted by Gasteiger charge is -2.13. The molecule has 0 saturated carbocycles. The molecule has 1 saturated heterocycles. The molecule has 2 aromatic carbocycles. The van der Waals surface area contributed by atoms with Crippen LogP contribution in [0.3, 0.4) is 0 Å². The molecule has 1 aliphatic heterocycles. The molecule has 7 heteroatoms. The molecule has 0 unspecified atom stereocenters. The van der Waals surface area contributed by atoms with Crippen LogP contribution >= 0.6 is 39.9 Å². The third-order valence-corrected chi connectivity index (χ3v) is 5.17. The summed E-state index contributed by atoms with van der Waals surface area (Å²) >= 11 is 9.77. The summed E-state index contributed by atoms with van der Waals surface area (Å²) < 4.78 is 12.6. The minimum Gasteiger partial charge on any atom is -0.493 e. The van der Waals surface area contributed by atoms with Gasteiger partial charge in [0.1, 0.15) is 10.9 Å². The zero-order valence-corrected chi connectivity index (χ0v) is 16.5. The van der Waals surface area contributed by atoms with Crippen LogP contribution < -0.4 is 14.8 Å². The van der Waals surface area contributed by atoms with Crippen molar-refractivity contribution < 1.29 is 14.3 Å². The van der Waals surface area contributed by atoms with Gasteiger partial charge in [0.05, 0.1) is 16.5 Å². The van der Waals surface area contributed by atoms with Crippen molar-refractivity contribution in [3.63, 3.8) is 0 Å². The number of amides is 1. The number of halogens is 1. The molecule has 1 N–H and O–H groups in total. The molecule has 1 aliphatic rings. The fourth-order valence-corrected chi connectivity index (χ4v) is 3.88. The average Bonchev–Trinajstić information content (AvgIpc) is 2.91. The van der Waals surface area contributed by atoms with E-state index in [2.05, 4.69) is 21.2 Å². The molecule has 1 heterocycles. The van der Waals surface area contributed by atoms with Crippen molar-refractivity contribution >= 4 is 56.2 Å². The molecule has 0 radical (unpaired) electrons. The fourth-order valence-electron chi connectivity index (χ4n) is 2.27. The first-order valence-corrected chi connectivity index (χ1v) is 9.37. The molecule has 0 spiro atoms. The predicted octanol–water partition coefficient (Wildman–Crippen LogP) is 4.53. The first-order chi connectivity index (χ1) is 12.1. The number of nitrogens with one attached hydrogen (secondary N) is 1. The number of thioether (sulfide) groups is 1. The topological polar surface area (TPSA) is 47.6 Å². The van der Waals surface area contributed by atoms with E-state index in [4.69, 9.17) is 21.7 Å². The maximum absolute atomic E-state index is 11.8. The third kappa shape index (κ3) is 4.42. The largest absolute Gasteiger partial charge is 0.493 e. The molecule has 0 aliphatic carbocycles. The molecular weight excluding hydrogens is 422 g/mol. The zero-order valence-electron chi connectivity index (χ0n) is 13.2. The van der Waals surface area contributed by atoms with Crippen LogP contribution in [-0.4, -0.2) is 17.3 Å². The van der Waals surface area contributed by atoms with E-state index < -0.39 is 0 Å². The number of thiocarbonyl (C=S) groups is 1. The number of benzene rings is 2. The lowest BCUT2D eigenvalue weighted by molar-refractivity contribution is -0.115. The summed E-state index contributed by atoms with van der Waals surface area (Å²) in [5, 5.41) is 2.60. The summed E-state index contributed by atoms with van der Waals surface area (Å²) in [5.41, 5.74) is 1.88. The molecule has 0 bridgehead atoms. The monoisotopic (exact) mass is 435 g/mol. The molecule has 4 nitrogen and oxygen atoms in total. The van der Waals surface area contributed by atoms with E-state index in [1.165, 1.54) is 11.8 Å². The number of ether oxygens (including phenoxy) is 2.